The molecule has 0 bridgehead atoms. The Morgan fingerprint density at radius 2 is 1.78 bits per heavy atom. The number of carbonyl (C=O) groups excluding carboxylic acids is 2. The first-order chi connectivity index (χ1) is 10.6. The molecular weight excluding hydrogens is 290 g/mol. The molecule has 23 heavy (non-hydrogen) atoms. The molecule has 2 aromatic rings. The summed E-state index contributed by atoms with van der Waals surface area (Å²) in [6.45, 7) is 13.6. The van der Waals surface area contributed by atoms with Gasteiger partial charge in [-0.25, -0.2) is 0 Å². The molecule has 0 fully saturated rings. The maximum absolute atomic E-state index is 10.7. The van der Waals surface area contributed by atoms with Crippen LogP contribution in [0.4, 0.5) is 0 Å². The molecule has 0 saturated heterocycles. The van der Waals surface area contributed by atoms with Gasteiger partial charge in [0.2, 0.25) is 0 Å². The Morgan fingerprint density at radius 3 is 2.35 bits per heavy atom. The van der Waals surface area contributed by atoms with Crippen LogP contribution in [0.5, 0.6) is 0 Å². The van der Waals surface area contributed by atoms with Crippen molar-refractivity contribution in [3.63, 3.8) is 0 Å². The van der Waals surface area contributed by atoms with Crippen LogP contribution >= 0.6 is 0 Å². The van der Waals surface area contributed by atoms with Gasteiger partial charge in [-0.1, -0.05) is 46.8 Å². The van der Waals surface area contributed by atoms with Crippen molar-refractivity contribution in [2.24, 2.45) is 5.41 Å². The third-order valence-electron chi connectivity index (χ3n) is 5.28. The van der Waals surface area contributed by atoms with Gasteiger partial charge >= 0.3 is 6.15 Å². The molecule has 4 nitrogen and oxygen atoms in total. The van der Waals surface area contributed by atoms with Crippen LogP contribution in [0.1, 0.15) is 63.8 Å². The molecule has 124 valence electrons. The number of rotatable bonds is 0. The second-order valence-electron chi connectivity index (χ2n) is 7.95. The van der Waals surface area contributed by atoms with E-state index in [-0.39, 0.29) is 17.0 Å². The van der Waals surface area contributed by atoms with Crippen LogP contribution in [-0.4, -0.2) is 16.1 Å². The maximum Gasteiger partial charge on any atom is 0.373 e. The van der Waals surface area contributed by atoms with Crippen molar-refractivity contribution in [1.82, 2.24) is 4.73 Å². The fourth-order valence-electron chi connectivity index (χ4n) is 4.26. The predicted octanol–water partition coefficient (Wildman–Crippen LogP) is 4.41. The average Bonchev–Trinajstić information content (AvgIpc) is 2.70. The van der Waals surface area contributed by atoms with Gasteiger partial charge in [-0.05, 0) is 41.9 Å². The fourth-order valence-corrected chi connectivity index (χ4v) is 4.26. The molecule has 0 spiro atoms. The highest BCUT2D eigenvalue weighted by molar-refractivity contribution is 5.87. The molecule has 1 aliphatic carbocycles. The smallest absolute Gasteiger partial charge is 0.373 e. The zero-order valence-electron chi connectivity index (χ0n) is 14.7. The van der Waals surface area contributed by atoms with E-state index in [1.165, 1.54) is 21.2 Å². The van der Waals surface area contributed by atoms with E-state index in [1.807, 2.05) is 0 Å². The number of hydrogen-bond donors (Lipinski definition) is 1. The molecule has 4 heteroatoms. The van der Waals surface area contributed by atoms with Crippen molar-refractivity contribution in [3.05, 3.63) is 35.0 Å². The summed E-state index contributed by atoms with van der Waals surface area (Å²) in [6, 6.07) is 6.40. The molecule has 3 rings (SSSR count). The lowest BCUT2D eigenvalue weighted by molar-refractivity contribution is -0.191. The summed E-state index contributed by atoms with van der Waals surface area (Å²) in [5.74, 6) is 0.448. The van der Waals surface area contributed by atoms with E-state index in [9.17, 15) is 5.21 Å². The number of benzene rings is 1. The molecule has 1 N–H and O–H groups in total. The van der Waals surface area contributed by atoms with Crippen LogP contribution in [0.2, 0.25) is 0 Å². The second kappa shape index (κ2) is 5.54. The van der Waals surface area contributed by atoms with Crippen LogP contribution in [0.25, 0.3) is 10.9 Å². The zero-order chi connectivity index (χ0) is 17.6. The summed E-state index contributed by atoms with van der Waals surface area (Å²) in [4.78, 5) is 16.2. The summed E-state index contributed by atoms with van der Waals surface area (Å²) >= 11 is 0. The van der Waals surface area contributed by atoms with Crippen molar-refractivity contribution in [2.75, 3.05) is 0 Å². The standard InChI is InChI=1S/C18H25NO.CO2/c1-11-7-8-13-14(9-11)19(20)16-15(13)12(2)17(3,4)10-18(16,5)6;2-1-3/h7-9,12,20H,10H2,1-6H3;. The van der Waals surface area contributed by atoms with Gasteiger partial charge in [0, 0.05) is 10.8 Å². The van der Waals surface area contributed by atoms with Gasteiger partial charge in [-0.2, -0.15) is 14.3 Å². The molecule has 1 aliphatic rings. The Hall–Kier alpha value is -2.06. The molecule has 1 heterocycles. The Kier molecular flexibility index (Phi) is 4.16. The maximum atomic E-state index is 10.7. The van der Waals surface area contributed by atoms with Crippen molar-refractivity contribution in [2.45, 2.75) is 59.3 Å². The molecule has 1 unspecified atom stereocenters. The average molecular weight is 315 g/mol. The van der Waals surface area contributed by atoms with E-state index >= 15 is 0 Å². The third kappa shape index (κ3) is 2.68. The van der Waals surface area contributed by atoms with Gasteiger partial charge < -0.3 is 5.21 Å². The molecule has 1 aromatic carbocycles. The molecular formula is C19H25NO3. The van der Waals surface area contributed by atoms with Crippen LogP contribution in [0.15, 0.2) is 18.2 Å². The van der Waals surface area contributed by atoms with Gasteiger partial charge in [0.1, 0.15) is 0 Å². The number of aromatic nitrogens is 1. The highest BCUT2D eigenvalue weighted by atomic mass is 16.5. The SMILES string of the molecule is Cc1ccc2c3c(n(O)c2c1)C(C)(C)CC(C)(C)C3C.O=C=O. The van der Waals surface area contributed by atoms with E-state index in [0.717, 1.165) is 17.6 Å². The Bertz CT molecular complexity index is 777. The third-order valence-corrected chi connectivity index (χ3v) is 5.28. The van der Waals surface area contributed by atoms with Crippen molar-refractivity contribution >= 4 is 17.1 Å². The van der Waals surface area contributed by atoms with Crippen LogP contribution in [0.3, 0.4) is 0 Å². The monoisotopic (exact) mass is 315 g/mol. The summed E-state index contributed by atoms with van der Waals surface area (Å²) in [7, 11) is 0. The Balaban J connectivity index is 0.000000595. The Morgan fingerprint density at radius 1 is 1.22 bits per heavy atom. The van der Waals surface area contributed by atoms with Gasteiger partial charge in [-0.3, -0.25) is 0 Å². The van der Waals surface area contributed by atoms with E-state index in [1.54, 1.807) is 0 Å². The topological polar surface area (TPSA) is 59.3 Å². The first-order valence-electron chi connectivity index (χ1n) is 7.91. The number of nitrogens with zero attached hydrogens (tertiary/aromatic N) is 1. The first-order valence-corrected chi connectivity index (χ1v) is 7.91. The lowest BCUT2D eigenvalue weighted by Crippen LogP contribution is -2.38. The molecule has 0 amide bonds. The number of hydrogen-bond acceptors (Lipinski definition) is 3. The summed E-state index contributed by atoms with van der Waals surface area (Å²) < 4.78 is 1.45. The van der Waals surface area contributed by atoms with Crippen molar-refractivity contribution in [1.29, 1.82) is 0 Å². The van der Waals surface area contributed by atoms with Gasteiger partial charge in [0.15, 0.2) is 0 Å². The largest absolute Gasteiger partial charge is 0.428 e. The van der Waals surface area contributed by atoms with Crippen molar-refractivity contribution in [3.8, 4) is 0 Å². The lowest BCUT2D eigenvalue weighted by atomic mass is 9.60. The van der Waals surface area contributed by atoms with E-state index < -0.39 is 0 Å². The summed E-state index contributed by atoms with van der Waals surface area (Å²) in [5.41, 5.74) is 4.82. The normalized spacial score (nSPS) is 21.0. The highest BCUT2D eigenvalue weighted by Gasteiger charge is 2.45. The van der Waals surface area contributed by atoms with Crippen LogP contribution in [-0.2, 0) is 15.0 Å². The fraction of sp³-hybridized carbons (Fsp3) is 0.526. The minimum Gasteiger partial charge on any atom is -0.428 e. The predicted molar refractivity (Wildman–Crippen MR) is 88.7 cm³/mol. The zero-order valence-corrected chi connectivity index (χ0v) is 14.7. The molecule has 0 aliphatic heterocycles. The van der Waals surface area contributed by atoms with Gasteiger partial charge in [0.25, 0.3) is 0 Å². The molecule has 0 radical (unpaired) electrons. The number of aryl methyl sites for hydroxylation is 1. The van der Waals surface area contributed by atoms with Gasteiger partial charge in [0.05, 0.1) is 11.2 Å². The van der Waals surface area contributed by atoms with Gasteiger partial charge in [-0.15, -0.1) is 0 Å². The summed E-state index contributed by atoms with van der Waals surface area (Å²) in [6.07, 6.45) is 1.34. The van der Waals surface area contributed by atoms with E-state index in [0.29, 0.717) is 5.92 Å². The summed E-state index contributed by atoms with van der Waals surface area (Å²) in [5, 5.41) is 11.9. The van der Waals surface area contributed by atoms with E-state index in [2.05, 4.69) is 59.7 Å². The van der Waals surface area contributed by atoms with Crippen LogP contribution < -0.4 is 0 Å². The number of fused-ring (bicyclic) bond motifs is 3. The van der Waals surface area contributed by atoms with Crippen LogP contribution in [0, 0.1) is 12.3 Å². The van der Waals surface area contributed by atoms with E-state index in [4.69, 9.17) is 9.59 Å². The Labute approximate surface area is 137 Å². The first kappa shape index (κ1) is 17.3. The second-order valence-corrected chi connectivity index (χ2v) is 7.95. The lowest BCUT2D eigenvalue weighted by Gasteiger charge is -2.45. The molecule has 1 atom stereocenters. The molecule has 1 aromatic heterocycles. The highest BCUT2D eigenvalue weighted by Crippen LogP contribution is 2.54. The molecule has 0 saturated carbocycles. The minimum absolute atomic E-state index is 0.00693. The minimum atomic E-state index is -0.00693. The quantitative estimate of drug-likeness (QED) is 0.732. The van der Waals surface area contributed by atoms with Crippen molar-refractivity contribution < 1.29 is 14.8 Å².